The van der Waals surface area contributed by atoms with Crippen molar-refractivity contribution in [2.75, 3.05) is 0 Å². The largest absolute Gasteiger partial charge is 0.256 e. The van der Waals surface area contributed by atoms with E-state index in [2.05, 4.69) is 258 Å². The zero-order chi connectivity index (χ0) is 48.6. The summed E-state index contributed by atoms with van der Waals surface area (Å²) in [6.45, 7) is 9.26. The van der Waals surface area contributed by atoms with Crippen LogP contribution >= 0.6 is 0 Å². The number of rotatable bonds is 14. The number of fused-ring (bicyclic) bond motifs is 1. The van der Waals surface area contributed by atoms with Gasteiger partial charge in [0.25, 0.3) is 0 Å². The summed E-state index contributed by atoms with van der Waals surface area (Å²) in [7, 11) is 0. The number of hydrogen-bond acceptors (Lipinski definition) is 2. The summed E-state index contributed by atoms with van der Waals surface area (Å²) in [5.74, 6) is 0. The van der Waals surface area contributed by atoms with Gasteiger partial charge in [-0.1, -0.05) is 197 Å². The second kappa shape index (κ2) is 21.0. The molecule has 0 N–H and O–H groups in total. The molecule has 10 aromatic rings. The van der Waals surface area contributed by atoms with Crippen molar-refractivity contribution in [3.63, 3.8) is 0 Å². The van der Waals surface area contributed by atoms with Crippen LogP contribution in [0.3, 0.4) is 0 Å². The number of pyridine rings is 1. The van der Waals surface area contributed by atoms with Gasteiger partial charge in [0, 0.05) is 23.4 Å². The van der Waals surface area contributed by atoms with Crippen molar-refractivity contribution >= 4 is 28.2 Å². The van der Waals surface area contributed by atoms with Gasteiger partial charge in [0.2, 0.25) is 0 Å². The molecule has 0 spiro atoms. The highest BCUT2D eigenvalue weighted by atomic mass is 14.7. The van der Waals surface area contributed by atoms with Gasteiger partial charge in [-0.3, -0.25) is 9.98 Å². The molecular weight excluding hydrogens is 857 g/mol. The van der Waals surface area contributed by atoms with Crippen molar-refractivity contribution in [2.45, 2.75) is 46.0 Å². The van der Waals surface area contributed by atoms with Crippen LogP contribution in [0.1, 0.15) is 51.7 Å². The Balaban J connectivity index is 1.01. The predicted octanol–water partition coefficient (Wildman–Crippen LogP) is 19.3. The summed E-state index contributed by atoms with van der Waals surface area (Å²) in [5, 5.41) is 2.28. The average molecular weight is 915 g/mol. The van der Waals surface area contributed by atoms with Gasteiger partial charge in [-0.25, -0.2) is 0 Å². The Bertz CT molecular complexity index is 3500. The molecule has 0 amide bonds. The van der Waals surface area contributed by atoms with E-state index in [1.807, 2.05) is 24.6 Å². The van der Waals surface area contributed by atoms with Crippen molar-refractivity contribution in [1.82, 2.24) is 4.98 Å². The average Bonchev–Trinajstić information content (AvgIpc) is 3.45. The van der Waals surface area contributed by atoms with Gasteiger partial charge in [-0.05, 0) is 181 Å². The molecule has 0 bridgehead atoms. The third-order valence-corrected chi connectivity index (χ3v) is 14.3. The van der Waals surface area contributed by atoms with Gasteiger partial charge in [0.05, 0.1) is 11.4 Å². The minimum Gasteiger partial charge on any atom is -0.256 e. The zero-order valence-corrected chi connectivity index (χ0v) is 41.1. The zero-order valence-electron chi connectivity index (χ0n) is 41.1. The van der Waals surface area contributed by atoms with Crippen LogP contribution < -0.4 is 0 Å². The minimum atomic E-state index is 0.0296. The van der Waals surface area contributed by atoms with E-state index in [0.717, 1.165) is 40.6 Å². The van der Waals surface area contributed by atoms with Crippen molar-refractivity contribution in [2.24, 2.45) is 4.99 Å². The van der Waals surface area contributed by atoms with Gasteiger partial charge in [0.15, 0.2) is 0 Å². The Morgan fingerprint density at radius 2 is 0.915 bits per heavy atom. The highest BCUT2D eigenvalue weighted by molar-refractivity contribution is 5.97. The quantitative estimate of drug-likeness (QED) is 0.0788. The number of nitrogens with zero attached hydrogens (tertiary/aromatic N) is 2. The molecule has 10 rings (SSSR count). The summed E-state index contributed by atoms with van der Waals surface area (Å²) < 4.78 is 0. The molecule has 0 unspecified atom stereocenters. The monoisotopic (exact) mass is 914 g/mol. The Kier molecular flexibility index (Phi) is 13.7. The summed E-state index contributed by atoms with van der Waals surface area (Å²) in [5.41, 5.74) is 21.0. The van der Waals surface area contributed by atoms with E-state index in [-0.39, 0.29) is 5.41 Å². The van der Waals surface area contributed by atoms with Crippen molar-refractivity contribution in [1.29, 1.82) is 0 Å². The van der Waals surface area contributed by atoms with E-state index >= 15 is 0 Å². The topological polar surface area (TPSA) is 25.2 Å². The maximum Gasteiger partial charge on any atom is 0.0801 e. The molecule has 9 aromatic carbocycles. The van der Waals surface area contributed by atoms with Crippen LogP contribution in [0.2, 0.25) is 0 Å². The third-order valence-electron chi connectivity index (χ3n) is 14.3. The lowest BCUT2D eigenvalue weighted by Gasteiger charge is -2.30. The Labute approximate surface area is 420 Å². The van der Waals surface area contributed by atoms with Crippen molar-refractivity contribution < 1.29 is 0 Å². The molecule has 344 valence electrons. The molecule has 1 heterocycles. The van der Waals surface area contributed by atoms with Crippen LogP contribution in [0.15, 0.2) is 254 Å². The number of hydrogen-bond donors (Lipinski definition) is 0. The molecular formula is C69H58N2. The first-order chi connectivity index (χ1) is 34.9. The molecule has 0 atom stereocenters. The maximum absolute atomic E-state index is 4.93. The van der Waals surface area contributed by atoms with Crippen LogP contribution in [0.4, 0.5) is 5.69 Å². The van der Waals surface area contributed by atoms with Crippen molar-refractivity contribution in [3.05, 3.63) is 260 Å². The fourth-order valence-corrected chi connectivity index (χ4v) is 9.82. The van der Waals surface area contributed by atoms with E-state index in [1.54, 1.807) is 0 Å². The lowest BCUT2D eigenvalue weighted by atomic mass is 9.74. The Hall–Kier alpha value is -8.46. The first-order valence-electron chi connectivity index (χ1n) is 24.9. The van der Waals surface area contributed by atoms with E-state index in [9.17, 15) is 0 Å². The highest BCUT2D eigenvalue weighted by Crippen LogP contribution is 2.41. The molecule has 0 saturated carbocycles. The summed E-state index contributed by atoms with van der Waals surface area (Å²) in [4.78, 5) is 9.71. The van der Waals surface area contributed by atoms with Crippen molar-refractivity contribution in [3.8, 4) is 78.0 Å². The van der Waals surface area contributed by atoms with E-state index in [1.165, 1.54) is 83.5 Å². The molecule has 2 nitrogen and oxygen atoms in total. The number of benzene rings is 9. The van der Waals surface area contributed by atoms with Crippen LogP contribution in [0, 0.1) is 0 Å². The Morgan fingerprint density at radius 1 is 0.451 bits per heavy atom. The number of aliphatic imine (C=N–C) groups is 1. The van der Waals surface area contributed by atoms with Crippen LogP contribution in [-0.2, 0) is 5.41 Å². The lowest BCUT2D eigenvalue weighted by Crippen LogP contribution is -2.21. The van der Waals surface area contributed by atoms with Gasteiger partial charge < -0.3 is 0 Å². The molecule has 0 aliphatic heterocycles. The van der Waals surface area contributed by atoms with Gasteiger partial charge >= 0.3 is 0 Å². The van der Waals surface area contributed by atoms with Crippen LogP contribution in [0.5, 0.6) is 0 Å². The first-order valence-corrected chi connectivity index (χ1v) is 24.9. The predicted molar refractivity (Wildman–Crippen MR) is 305 cm³/mol. The van der Waals surface area contributed by atoms with Crippen LogP contribution in [0.25, 0.3) is 94.4 Å². The third kappa shape index (κ3) is 10.2. The fraction of sp³-hybridized carbons (Fsp3) is 0.101. The lowest BCUT2D eigenvalue weighted by molar-refractivity contribution is 0.438. The van der Waals surface area contributed by atoms with Gasteiger partial charge in [-0.2, -0.15) is 0 Å². The van der Waals surface area contributed by atoms with Gasteiger partial charge in [-0.15, -0.1) is 0 Å². The molecule has 2 heteroatoms. The molecule has 0 saturated heterocycles. The summed E-state index contributed by atoms with van der Waals surface area (Å²) in [6, 6.07) is 81.1. The van der Waals surface area contributed by atoms with Crippen LogP contribution in [-0.4, -0.2) is 11.2 Å². The van der Waals surface area contributed by atoms with E-state index in [4.69, 9.17) is 9.98 Å². The molecule has 0 aliphatic carbocycles. The Morgan fingerprint density at radius 3 is 1.51 bits per heavy atom. The van der Waals surface area contributed by atoms with Gasteiger partial charge in [0.1, 0.15) is 0 Å². The number of aromatic nitrogens is 1. The fourth-order valence-electron chi connectivity index (χ4n) is 9.82. The molecule has 0 fully saturated rings. The molecule has 0 aliphatic rings. The summed E-state index contributed by atoms with van der Waals surface area (Å²) in [6.07, 6.45) is 12.2. The standard InChI is InChI=1S/C69H58N2/c1-5-69(4,6-2)66-37-36-56(48-65(66)49(3)23-20-21-39-70-67-35-19-18-34-64(67)68-63-33-17-16-30-53(63)38-40-71-68)54-31-22-32-55(41-54)60-43-59(52-28-14-9-15-29-52)46-62(47-60)61-44-57(50-24-10-7-11-25-50)42-58(45-61)51-26-12-8-13-27-51/h7-48H,5-6H2,1-4H3/b21-20-,49-23+,70-39+. The number of allylic oxidation sites excluding steroid dienone is 4. The van der Waals surface area contributed by atoms with E-state index in [0.29, 0.717) is 0 Å². The first kappa shape index (κ1) is 46.3. The number of para-hydroxylation sites is 1. The highest BCUT2D eigenvalue weighted by Gasteiger charge is 2.26. The minimum absolute atomic E-state index is 0.0296. The summed E-state index contributed by atoms with van der Waals surface area (Å²) >= 11 is 0. The maximum atomic E-state index is 4.93. The second-order valence-corrected chi connectivity index (χ2v) is 18.7. The smallest absolute Gasteiger partial charge is 0.0801 e. The van der Waals surface area contributed by atoms with E-state index < -0.39 is 0 Å². The molecule has 1 aromatic heterocycles. The molecule has 71 heavy (non-hydrogen) atoms. The molecule has 0 radical (unpaired) electrons. The second-order valence-electron chi connectivity index (χ2n) is 18.7. The SMILES string of the molecule is CCC(C)(CC)c1ccc(-c2cccc(-c3cc(-c4ccccc4)cc(-c4cc(-c5ccccc5)cc(-c5ccccc5)c4)c3)c2)cc1/C(C)=C/C=C\C=N\c1ccccc1-c1nccc2ccccc12. The normalized spacial score (nSPS) is 12.0.